The van der Waals surface area contributed by atoms with E-state index in [2.05, 4.69) is 19.1 Å². The smallest absolute Gasteiger partial charge is 0.0910 e. The third-order valence-electron chi connectivity index (χ3n) is 3.42. The fourth-order valence-corrected chi connectivity index (χ4v) is 3.46. The molecule has 15 heavy (non-hydrogen) atoms. The molecule has 1 saturated carbocycles. The lowest BCUT2D eigenvalue weighted by Gasteiger charge is -2.25. The highest BCUT2D eigenvalue weighted by molar-refractivity contribution is 7.12. The standard InChI is InChI=1S/C13H20OS/c1-2-11-8-9-12(15-11)13(14)10-6-4-3-5-7-10/h8-10,13-14H,2-7H2,1H3. The molecule has 0 bridgehead atoms. The predicted molar refractivity (Wildman–Crippen MR) is 65.2 cm³/mol. The van der Waals surface area contributed by atoms with Gasteiger partial charge in [0.25, 0.3) is 0 Å². The summed E-state index contributed by atoms with van der Waals surface area (Å²) in [5.74, 6) is 0.516. The van der Waals surface area contributed by atoms with Gasteiger partial charge in [0.15, 0.2) is 0 Å². The Balaban J connectivity index is 2.02. The first-order valence-corrected chi connectivity index (χ1v) is 6.89. The van der Waals surface area contributed by atoms with Gasteiger partial charge in [-0.2, -0.15) is 0 Å². The van der Waals surface area contributed by atoms with Crippen LogP contribution in [0.15, 0.2) is 12.1 Å². The second-order valence-electron chi connectivity index (χ2n) is 4.50. The summed E-state index contributed by atoms with van der Waals surface area (Å²) in [4.78, 5) is 2.57. The second kappa shape index (κ2) is 5.13. The van der Waals surface area contributed by atoms with Crippen LogP contribution in [0.3, 0.4) is 0 Å². The number of aryl methyl sites for hydroxylation is 1. The molecule has 0 radical (unpaired) electrons. The molecular formula is C13H20OS. The van der Waals surface area contributed by atoms with Gasteiger partial charge >= 0.3 is 0 Å². The van der Waals surface area contributed by atoms with Crippen molar-refractivity contribution in [2.24, 2.45) is 5.92 Å². The molecule has 1 N–H and O–H groups in total. The van der Waals surface area contributed by atoms with Crippen LogP contribution in [0, 0.1) is 5.92 Å². The van der Waals surface area contributed by atoms with E-state index in [-0.39, 0.29) is 6.10 Å². The molecule has 0 saturated heterocycles. The van der Waals surface area contributed by atoms with Crippen molar-refractivity contribution in [1.82, 2.24) is 0 Å². The van der Waals surface area contributed by atoms with Gasteiger partial charge in [0.2, 0.25) is 0 Å². The fourth-order valence-electron chi connectivity index (χ4n) is 2.43. The molecular weight excluding hydrogens is 204 g/mol. The van der Waals surface area contributed by atoms with E-state index >= 15 is 0 Å². The SMILES string of the molecule is CCc1ccc(C(O)C2CCCCC2)s1. The highest BCUT2D eigenvalue weighted by Gasteiger charge is 2.23. The van der Waals surface area contributed by atoms with E-state index in [1.165, 1.54) is 41.9 Å². The Kier molecular flexibility index (Phi) is 3.81. The average Bonchev–Trinajstić information content (AvgIpc) is 2.78. The minimum atomic E-state index is -0.199. The minimum Gasteiger partial charge on any atom is -0.387 e. The van der Waals surface area contributed by atoms with Gasteiger partial charge in [-0.05, 0) is 37.3 Å². The summed E-state index contributed by atoms with van der Waals surface area (Å²) in [6, 6.07) is 4.27. The van der Waals surface area contributed by atoms with Gasteiger partial charge in [0.1, 0.15) is 0 Å². The first-order valence-electron chi connectivity index (χ1n) is 6.08. The van der Waals surface area contributed by atoms with Crippen LogP contribution in [0.5, 0.6) is 0 Å². The Morgan fingerprint density at radius 3 is 2.67 bits per heavy atom. The molecule has 84 valence electrons. The summed E-state index contributed by atoms with van der Waals surface area (Å²) in [6.07, 6.45) is 7.26. The number of rotatable bonds is 3. The number of aliphatic hydroxyl groups is 1. The van der Waals surface area contributed by atoms with Gasteiger partial charge in [0.05, 0.1) is 6.10 Å². The third-order valence-corrected chi connectivity index (χ3v) is 4.72. The molecule has 1 nitrogen and oxygen atoms in total. The maximum absolute atomic E-state index is 10.3. The molecule has 1 aromatic rings. The quantitative estimate of drug-likeness (QED) is 0.825. The number of aliphatic hydroxyl groups excluding tert-OH is 1. The van der Waals surface area contributed by atoms with Crippen molar-refractivity contribution >= 4 is 11.3 Å². The van der Waals surface area contributed by atoms with Crippen LogP contribution in [0.2, 0.25) is 0 Å². The molecule has 1 aliphatic rings. The molecule has 1 atom stereocenters. The summed E-state index contributed by atoms with van der Waals surface area (Å²) in [5, 5.41) is 10.3. The Morgan fingerprint density at radius 2 is 2.07 bits per heavy atom. The Morgan fingerprint density at radius 1 is 1.33 bits per heavy atom. The second-order valence-corrected chi connectivity index (χ2v) is 5.70. The Labute approximate surface area is 96.1 Å². The van der Waals surface area contributed by atoms with Crippen molar-refractivity contribution in [2.45, 2.75) is 51.6 Å². The van der Waals surface area contributed by atoms with Gasteiger partial charge in [-0.25, -0.2) is 0 Å². The lowest BCUT2D eigenvalue weighted by molar-refractivity contribution is 0.0879. The van der Waals surface area contributed by atoms with Gasteiger partial charge in [-0.1, -0.05) is 26.2 Å². The van der Waals surface area contributed by atoms with E-state index in [1.54, 1.807) is 11.3 Å². The lowest BCUT2D eigenvalue weighted by Crippen LogP contribution is -2.14. The summed E-state index contributed by atoms with van der Waals surface area (Å²) in [5.41, 5.74) is 0. The highest BCUT2D eigenvalue weighted by Crippen LogP contribution is 2.36. The zero-order valence-electron chi connectivity index (χ0n) is 9.41. The van der Waals surface area contributed by atoms with E-state index < -0.39 is 0 Å². The van der Waals surface area contributed by atoms with Crippen molar-refractivity contribution in [3.8, 4) is 0 Å². The maximum Gasteiger partial charge on any atom is 0.0910 e. The van der Waals surface area contributed by atoms with Crippen molar-refractivity contribution in [2.75, 3.05) is 0 Å². The zero-order chi connectivity index (χ0) is 10.7. The van der Waals surface area contributed by atoms with E-state index in [0.29, 0.717) is 5.92 Å². The zero-order valence-corrected chi connectivity index (χ0v) is 10.2. The monoisotopic (exact) mass is 224 g/mol. The van der Waals surface area contributed by atoms with E-state index in [4.69, 9.17) is 0 Å². The van der Waals surface area contributed by atoms with Crippen LogP contribution in [0.1, 0.15) is 54.9 Å². The maximum atomic E-state index is 10.3. The minimum absolute atomic E-state index is 0.199. The van der Waals surface area contributed by atoms with Gasteiger partial charge in [-0.15, -0.1) is 11.3 Å². The van der Waals surface area contributed by atoms with Crippen LogP contribution in [0.4, 0.5) is 0 Å². The normalized spacial score (nSPS) is 20.4. The molecule has 1 aliphatic carbocycles. The van der Waals surface area contributed by atoms with Crippen LogP contribution in [-0.4, -0.2) is 5.11 Å². The molecule has 2 rings (SSSR count). The number of hydrogen-bond donors (Lipinski definition) is 1. The molecule has 0 amide bonds. The van der Waals surface area contributed by atoms with Crippen molar-refractivity contribution < 1.29 is 5.11 Å². The predicted octanol–water partition coefficient (Wildman–Crippen LogP) is 3.92. The van der Waals surface area contributed by atoms with Gasteiger partial charge in [-0.3, -0.25) is 0 Å². The van der Waals surface area contributed by atoms with E-state index in [0.717, 1.165) is 6.42 Å². The number of thiophene rings is 1. The highest BCUT2D eigenvalue weighted by atomic mass is 32.1. The molecule has 1 unspecified atom stereocenters. The summed E-state index contributed by atoms with van der Waals surface area (Å²) >= 11 is 1.78. The molecule has 1 fully saturated rings. The first kappa shape index (κ1) is 11.2. The molecule has 0 aliphatic heterocycles. The van der Waals surface area contributed by atoms with Crippen molar-refractivity contribution in [3.05, 3.63) is 21.9 Å². The molecule has 1 aromatic heterocycles. The molecule has 2 heteroatoms. The third kappa shape index (κ3) is 2.61. The molecule has 1 heterocycles. The summed E-state index contributed by atoms with van der Waals surface area (Å²) in [6.45, 7) is 2.17. The summed E-state index contributed by atoms with van der Waals surface area (Å²) in [7, 11) is 0. The van der Waals surface area contributed by atoms with Gasteiger partial charge < -0.3 is 5.11 Å². The summed E-state index contributed by atoms with van der Waals surface area (Å²) < 4.78 is 0. The van der Waals surface area contributed by atoms with Crippen LogP contribution >= 0.6 is 11.3 Å². The largest absolute Gasteiger partial charge is 0.387 e. The van der Waals surface area contributed by atoms with Crippen LogP contribution < -0.4 is 0 Å². The van der Waals surface area contributed by atoms with Gasteiger partial charge in [0, 0.05) is 9.75 Å². The Bertz CT molecular complexity index is 299. The van der Waals surface area contributed by atoms with Crippen LogP contribution in [0.25, 0.3) is 0 Å². The fraction of sp³-hybridized carbons (Fsp3) is 0.692. The molecule has 0 aromatic carbocycles. The molecule has 0 spiro atoms. The Hall–Kier alpha value is -0.340. The van der Waals surface area contributed by atoms with Crippen LogP contribution in [-0.2, 0) is 6.42 Å². The first-order chi connectivity index (χ1) is 7.31. The van der Waals surface area contributed by atoms with Crippen molar-refractivity contribution in [3.63, 3.8) is 0 Å². The topological polar surface area (TPSA) is 20.2 Å². The van der Waals surface area contributed by atoms with E-state index in [9.17, 15) is 5.11 Å². The van der Waals surface area contributed by atoms with Crippen molar-refractivity contribution in [1.29, 1.82) is 0 Å². The van der Waals surface area contributed by atoms with E-state index in [1.807, 2.05) is 0 Å². The average molecular weight is 224 g/mol. The lowest BCUT2D eigenvalue weighted by atomic mass is 9.85. The number of hydrogen-bond acceptors (Lipinski definition) is 2.